The van der Waals surface area contributed by atoms with E-state index in [0.29, 0.717) is 18.8 Å². The van der Waals surface area contributed by atoms with Gasteiger partial charge in [-0.1, -0.05) is 0 Å². The SMILES string of the molecule is CC(=O)N1CCC(Nc2ccc(F)c(F)c2)CC1. The molecule has 1 fully saturated rings. The van der Waals surface area contributed by atoms with Gasteiger partial charge in [-0.2, -0.15) is 0 Å². The number of hydrogen-bond acceptors (Lipinski definition) is 2. The Morgan fingerprint density at radius 3 is 2.50 bits per heavy atom. The van der Waals surface area contributed by atoms with Crippen LogP contribution in [0.15, 0.2) is 18.2 Å². The van der Waals surface area contributed by atoms with Crippen molar-refractivity contribution in [1.82, 2.24) is 4.90 Å². The van der Waals surface area contributed by atoms with Crippen LogP contribution in [0.5, 0.6) is 0 Å². The van der Waals surface area contributed by atoms with Gasteiger partial charge in [0, 0.05) is 37.8 Å². The molecule has 1 aliphatic heterocycles. The number of rotatable bonds is 2. The molecule has 2 rings (SSSR count). The molecule has 1 aromatic rings. The van der Waals surface area contributed by atoms with Gasteiger partial charge in [-0.3, -0.25) is 4.79 Å². The molecule has 1 amide bonds. The summed E-state index contributed by atoms with van der Waals surface area (Å²) in [4.78, 5) is 13.0. The summed E-state index contributed by atoms with van der Waals surface area (Å²) in [6.07, 6.45) is 1.64. The van der Waals surface area contributed by atoms with Gasteiger partial charge in [0.25, 0.3) is 0 Å². The van der Waals surface area contributed by atoms with E-state index >= 15 is 0 Å². The van der Waals surface area contributed by atoms with E-state index in [1.165, 1.54) is 6.07 Å². The molecule has 0 atom stereocenters. The van der Waals surface area contributed by atoms with Gasteiger partial charge in [0.15, 0.2) is 11.6 Å². The Bertz CT molecular complexity index is 443. The number of halogens is 2. The molecular weight excluding hydrogens is 238 g/mol. The summed E-state index contributed by atoms with van der Waals surface area (Å²) in [6, 6.07) is 4.00. The summed E-state index contributed by atoms with van der Waals surface area (Å²) < 4.78 is 25.8. The molecule has 1 saturated heterocycles. The molecule has 1 aromatic carbocycles. The number of piperidine rings is 1. The van der Waals surface area contributed by atoms with Crippen LogP contribution in [-0.2, 0) is 4.79 Å². The summed E-state index contributed by atoms with van der Waals surface area (Å²) in [5.41, 5.74) is 0.579. The number of nitrogens with zero attached hydrogens (tertiary/aromatic N) is 1. The fourth-order valence-electron chi connectivity index (χ4n) is 2.16. The van der Waals surface area contributed by atoms with Crippen LogP contribution in [0.3, 0.4) is 0 Å². The van der Waals surface area contributed by atoms with Gasteiger partial charge in [0.2, 0.25) is 5.91 Å². The summed E-state index contributed by atoms with van der Waals surface area (Å²) in [5.74, 6) is -1.60. The molecule has 0 aliphatic carbocycles. The summed E-state index contributed by atoms with van der Waals surface area (Å²) in [6.45, 7) is 2.97. The Morgan fingerprint density at radius 1 is 1.28 bits per heavy atom. The average molecular weight is 254 g/mol. The van der Waals surface area contributed by atoms with Crippen molar-refractivity contribution in [1.29, 1.82) is 0 Å². The van der Waals surface area contributed by atoms with E-state index in [1.807, 2.05) is 0 Å². The van der Waals surface area contributed by atoms with E-state index < -0.39 is 11.6 Å². The number of carbonyl (C=O) groups is 1. The predicted octanol–water partition coefficient (Wildman–Crippen LogP) is 2.39. The zero-order valence-corrected chi connectivity index (χ0v) is 10.2. The number of hydrogen-bond donors (Lipinski definition) is 1. The Labute approximate surface area is 105 Å². The van der Waals surface area contributed by atoms with Gasteiger partial charge < -0.3 is 10.2 Å². The second-order valence-electron chi connectivity index (χ2n) is 4.55. The van der Waals surface area contributed by atoms with Gasteiger partial charge in [0.1, 0.15) is 0 Å². The summed E-state index contributed by atoms with van der Waals surface area (Å²) >= 11 is 0. The molecule has 0 unspecified atom stereocenters. The monoisotopic (exact) mass is 254 g/mol. The van der Waals surface area contributed by atoms with Crippen LogP contribution in [-0.4, -0.2) is 29.9 Å². The molecule has 0 saturated carbocycles. The minimum atomic E-state index is -0.846. The fraction of sp³-hybridized carbons (Fsp3) is 0.462. The lowest BCUT2D eigenvalue weighted by molar-refractivity contribution is -0.129. The number of amides is 1. The molecule has 0 spiro atoms. The molecule has 1 N–H and O–H groups in total. The van der Waals surface area contributed by atoms with Gasteiger partial charge in [-0.25, -0.2) is 8.78 Å². The smallest absolute Gasteiger partial charge is 0.219 e. The topological polar surface area (TPSA) is 32.3 Å². The highest BCUT2D eigenvalue weighted by molar-refractivity contribution is 5.73. The third kappa shape index (κ3) is 2.97. The second-order valence-corrected chi connectivity index (χ2v) is 4.55. The number of likely N-dealkylation sites (tertiary alicyclic amines) is 1. The van der Waals surface area contributed by atoms with Gasteiger partial charge in [0.05, 0.1) is 0 Å². The van der Waals surface area contributed by atoms with Gasteiger partial charge >= 0.3 is 0 Å². The standard InChI is InChI=1S/C13H16F2N2O/c1-9(18)17-6-4-10(5-7-17)16-11-2-3-12(14)13(15)8-11/h2-3,8,10,16H,4-7H2,1H3. The normalized spacial score (nSPS) is 16.7. The minimum absolute atomic E-state index is 0.0845. The van der Waals surface area contributed by atoms with Crippen molar-refractivity contribution in [2.24, 2.45) is 0 Å². The highest BCUT2D eigenvalue weighted by atomic mass is 19.2. The van der Waals surface area contributed by atoms with Crippen LogP contribution >= 0.6 is 0 Å². The first kappa shape index (κ1) is 12.8. The largest absolute Gasteiger partial charge is 0.382 e. The molecule has 98 valence electrons. The minimum Gasteiger partial charge on any atom is -0.382 e. The second kappa shape index (κ2) is 5.33. The zero-order valence-electron chi connectivity index (χ0n) is 10.2. The van der Waals surface area contributed by atoms with E-state index in [-0.39, 0.29) is 11.9 Å². The highest BCUT2D eigenvalue weighted by Crippen LogP contribution is 2.18. The third-order valence-corrected chi connectivity index (χ3v) is 3.23. The molecule has 1 heterocycles. The lowest BCUT2D eigenvalue weighted by atomic mass is 10.0. The molecule has 18 heavy (non-hydrogen) atoms. The van der Waals surface area contributed by atoms with Crippen LogP contribution in [0.4, 0.5) is 14.5 Å². The van der Waals surface area contributed by atoms with Crippen LogP contribution in [0.1, 0.15) is 19.8 Å². The molecule has 0 bridgehead atoms. The maximum atomic E-state index is 13.0. The Morgan fingerprint density at radius 2 is 1.94 bits per heavy atom. The molecular formula is C13H16F2N2O. The van der Waals surface area contributed by atoms with E-state index in [4.69, 9.17) is 0 Å². The number of nitrogens with one attached hydrogen (secondary N) is 1. The molecule has 1 aliphatic rings. The van der Waals surface area contributed by atoms with E-state index in [2.05, 4.69) is 5.32 Å². The highest BCUT2D eigenvalue weighted by Gasteiger charge is 2.20. The molecule has 5 heteroatoms. The first-order valence-corrected chi connectivity index (χ1v) is 6.03. The van der Waals surface area contributed by atoms with Crippen LogP contribution in [0.2, 0.25) is 0 Å². The average Bonchev–Trinajstić information content (AvgIpc) is 2.34. The summed E-state index contributed by atoms with van der Waals surface area (Å²) in [5, 5.41) is 3.16. The van der Waals surface area contributed by atoms with Crippen molar-refractivity contribution in [2.75, 3.05) is 18.4 Å². The van der Waals surface area contributed by atoms with Crippen LogP contribution < -0.4 is 5.32 Å². The zero-order chi connectivity index (χ0) is 13.1. The lowest BCUT2D eigenvalue weighted by Gasteiger charge is -2.32. The van der Waals surface area contributed by atoms with Gasteiger partial charge in [-0.05, 0) is 25.0 Å². The molecule has 3 nitrogen and oxygen atoms in total. The van der Waals surface area contributed by atoms with E-state index in [1.54, 1.807) is 11.8 Å². The Kier molecular flexibility index (Phi) is 3.79. The first-order valence-electron chi connectivity index (χ1n) is 6.03. The maximum Gasteiger partial charge on any atom is 0.219 e. The molecule has 0 aromatic heterocycles. The van der Waals surface area contributed by atoms with Crippen molar-refractivity contribution < 1.29 is 13.6 Å². The lowest BCUT2D eigenvalue weighted by Crippen LogP contribution is -2.41. The number of anilines is 1. The van der Waals surface area contributed by atoms with E-state index in [9.17, 15) is 13.6 Å². The predicted molar refractivity (Wildman–Crippen MR) is 65.3 cm³/mol. The van der Waals surface area contributed by atoms with Gasteiger partial charge in [-0.15, -0.1) is 0 Å². The van der Waals surface area contributed by atoms with Crippen LogP contribution in [0.25, 0.3) is 0 Å². The quantitative estimate of drug-likeness (QED) is 0.879. The first-order chi connectivity index (χ1) is 8.56. The Balaban J connectivity index is 1.91. The van der Waals surface area contributed by atoms with Crippen molar-refractivity contribution in [3.63, 3.8) is 0 Å². The fourth-order valence-corrected chi connectivity index (χ4v) is 2.16. The Hall–Kier alpha value is -1.65. The van der Waals surface area contributed by atoms with E-state index in [0.717, 1.165) is 25.0 Å². The number of carbonyl (C=O) groups excluding carboxylic acids is 1. The summed E-state index contributed by atoms with van der Waals surface area (Å²) in [7, 11) is 0. The maximum absolute atomic E-state index is 13.0. The van der Waals surface area contributed by atoms with Crippen molar-refractivity contribution in [2.45, 2.75) is 25.8 Å². The van der Waals surface area contributed by atoms with Crippen molar-refractivity contribution in [3.8, 4) is 0 Å². The molecule has 0 radical (unpaired) electrons. The van der Waals surface area contributed by atoms with Crippen molar-refractivity contribution >= 4 is 11.6 Å². The third-order valence-electron chi connectivity index (χ3n) is 3.23. The van der Waals surface area contributed by atoms with Crippen molar-refractivity contribution in [3.05, 3.63) is 29.8 Å². The number of benzene rings is 1. The van der Waals surface area contributed by atoms with Crippen LogP contribution in [0, 0.1) is 11.6 Å².